The van der Waals surface area contributed by atoms with Crippen molar-refractivity contribution < 1.29 is 4.79 Å². The van der Waals surface area contributed by atoms with E-state index in [1.54, 1.807) is 18.1 Å². The van der Waals surface area contributed by atoms with Crippen LogP contribution in [0.4, 0.5) is 0 Å². The molecular formula is C7H11N3O. The molecule has 0 spiro atoms. The van der Waals surface area contributed by atoms with Crippen molar-refractivity contribution in [2.24, 2.45) is 7.05 Å². The number of carbonyl (C=O) groups excluding carboxylic acids is 1. The van der Waals surface area contributed by atoms with Gasteiger partial charge in [-0.25, -0.2) is 4.98 Å². The van der Waals surface area contributed by atoms with E-state index >= 15 is 0 Å². The third-order valence-corrected chi connectivity index (χ3v) is 1.49. The van der Waals surface area contributed by atoms with Gasteiger partial charge in [0.15, 0.2) is 0 Å². The zero-order chi connectivity index (χ0) is 8.27. The molecule has 0 N–H and O–H groups in total. The lowest BCUT2D eigenvalue weighted by Gasteiger charge is -2.08. The first-order valence-corrected chi connectivity index (χ1v) is 3.36. The lowest BCUT2D eigenvalue weighted by molar-refractivity contribution is -0.117. The summed E-state index contributed by atoms with van der Waals surface area (Å²) in [5.74, 6) is 0.889. The zero-order valence-corrected chi connectivity index (χ0v) is 6.69. The van der Waals surface area contributed by atoms with Gasteiger partial charge < -0.3 is 9.47 Å². The van der Waals surface area contributed by atoms with Crippen LogP contribution in [0.3, 0.4) is 0 Å². The van der Waals surface area contributed by atoms with E-state index < -0.39 is 0 Å². The van der Waals surface area contributed by atoms with Crippen LogP contribution in [0.25, 0.3) is 0 Å². The first kappa shape index (κ1) is 7.78. The summed E-state index contributed by atoms with van der Waals surface area (Å²) in [4.78, 5) is 15.8. The fourth-order valence-electron chi connectivity index (χ4n) is 0.809. The smallest absolute Gasteiger partial charge is 0.209 e. The van der Waals surface area contributed by atoms with Gasteiger partial charge in [-0.05, 0) is 0 Å². The fraction of sp³-hybridized carbons (Fsp3) is 0.429. The summed E-state index contributed by atoms with van der Waals surface area (Å²) in [6, 6.07) is 0. The number of hydrogen-bond donors (Lipinski definition) is 0. The van der Waals surface area contributed by atoms with Gasteiger partial charge in [-0.3, -0.25) is 4.79 Å². The maximum Gasteiger partial charge on any atom is 0.209 e. The molecule has 1 aromatic rings. The van der Waals surface area contributed by atoms with Crippen molar-refractivity contribution >= 4 is 6.41 Å². The predicted octanol–water partition coefficient (Wildman–Crippen LogP) is 0.00830. The van der Waals surface area contributed by atoms with Crippen molar-refractivity contribution in [1.29, 1.82) is 0 Å². The van der Waals surface area contributed by atoms with Gasteiger partial charge in [0.1, 0.15) is 5.82 Å². The minimum absolute atomic E-state index is 0.562. The topological polar surface area (TPSA) is 38.1 Å². The molecule has 0 unspecified atom stereocenters. The highest BCUT2D eigenvalue weighted by Gasteiger charge is 2.00. The molecule has 1 rings (SSSR count). The van der Waals surface area contributed by atoms with E-state index in [0.29, 0.717) is 6.54 Å². The van der Waals surface area contributed by atoms with Crippen LogP contribution in [-0.4, -0.2) is 27.9 Å². The molecule has 1 aromatic heterocycles. The number of hydrogen-bond acceptors (Lipinski definition) is 2. The molecule has 0 saturated carbocycles. The molecule has 0 radical (unpaired) electrons. The standard InChI is InChI=1S/C7H11N3O/c1-9(6-11)5-7-8-3-4-10(7)2/h3-4,6H,5H2,1-2H3. The molecule has 0 fully saturated rings. The molecule has 4 nitrogen and oxygen atoms in total. The molecule has 1 amide bonds. The molecule has 60 valence electrons. The second kappa shape index (κ2) is 3.18. The summed E-state index contributed by atoms with van der Waals surface area (Å²) < 4.78 is 1.89. The van der Waals surface area contributed by atoms with Crippen LogP contribution in [0.5, 0.6) is 0 Å². The molecule has 0 aliphatic heterocycles. The molecule has 0 bridgehead atoms. The van der Waals surface area contributed by atoms with Crippen LogP contribution < -0.4 is 0 Å². The first-order valence-electron chi connectivity index (χ1n) is 3.36. The highest BCUT2D eigenvalue weighted by Crippen LogP contribution is 1.96. The predicted molar refractivity (Wildman–Crippen MR) is 40.7 cm³/mol. The number of carbonyl (C=O) groups is 1. The van der Waals surface area contributed by atoms with Crippen molar-refractivity contribution in [3.05, 3.63) is 18.2 Å². The largest absolute Gasteiger partial charge is 0.341 e. The van der Waals surface area contributed by atoms with E-state index in [9.17, 15) is 4.79 Å². The maximum atomic E-state index is 10.2. The van der Waals surface area contributed by atoms with Crippen LogP contribution in [0.2, 0.25) is 0 Å². The van der Waals surface area contributed by atoms with Crippen LogP contribution in [0.1, 0.15) is 5.82 Å². The van der Waals surface area contributed by atoms with Crippen LogP contribution in [0.15, 0.2) is 12.4 Å². The van der Waals surface area contributed by atoms with Gasteiger partial charge in [0.05, 0.1) is 6.54 Å². The van der Waals surface area contributed by atoms with Gasteiger partial charge in [0.2, 0.25) is 6.41 Å². The third-order valence-electron chi connectivity index (χ3n) is 1.49. The number of nitrogens with zero attached hydrogens (tertiary/aromatic N) is 3. The molecule has 1 heterocycles. The Kier molecular flexibility index (Phi) is 2.25. The lowest BCUT2D eigenvalue weighted by atomic mass is 10.5. The number of imidazole rings is 1. The van der Waals surface area contributed by atoms with Crippen molar-refractivity contribution in [3.8, 4) is 0 Å². The summed E-state index contributed by atoms with van der Waals surface area (Å²) in [7, 11) is 3.63. The molecule has 4 heteroatoms. The van der Waals surface area contributed by atoms with Crippen LogP contribution in [-0.2, 0) is 18.4 Å². The number of aryl methyl sites for hydroxylation is 1. The maximum absolute atomic E-state index is 10.2. The number of rotatable bonds is 3. The first-order chi connectivity index (χ1) is 5.24. The molecule has 0 aliphatic carbocycles. The molecule has 0 aliphatic rings. The Bertz CT molecular complexity index is 244. The minimum atomic E-state index is 0.562. The number of amides is 1. The number of aromatic nitrogens is 2. The van der Waals surface area contributed by atoms with Crippen molar-refractivity contribution in [1.82, 2.24) is 14.5 Å². The van der Waals surface area contributed by atoms with E-state index in [-0.39, 0.29) is 0 Å². The van der Waals surface area contributed by atoms with Gasteiger partial charge in [-0.2, -0.15) is 0 Å². The molecule has 0 saturated heterocycles. The third kappa shape index (κ3) is 1.80. The van der Waals surface area contributed by atoms with Crippen LogP contribution >= 0.6 is 0 Å². The average molecular weight is 153 g/mol. The van der Waals surface area contributed by atoms with E-state index in [1.165, 1.54) is 0 Å². The van der Waals surface area contributed by atoms with E-state index in [4.69, 9.17) is 0 Å². The molecule has 0 aromatic carbocycles. The van der Waals surface area contributed by atoms with E-state index in [2.05, 4.69) is 4.98 Å². The Labute approximate surface area is 65.5 Å². The van der Waals surface area contributed by atoms with Gasteiger partial charge in [0, 0.05) is 26.5 Å². The zero-order valence-electron chi connectivity index (χ0n) is 6.69. The SMILES string of the molecule is CN(C=O)Cc1nccn1C. The Hall–Kier alpha value is -1.32. The Morgan fingerprint density at radius 1 is 1.82 bits per heavy atom. The highest BCUT2D eigenvalue weighted by atomic mass is 16.1. The van der Waals surface area contributed by atoms with Crippen molar-refractivity contribution in [2.75, 3.05) is 7.05 Å². The molecule has 11 heavy (non-hydrogen) atoms. The summed E-state index contributed by atoms with van der Waals surface area (Å²) in [6.07, 6.45) is 4.36. The summed E-state index contributed by atoms with van der Waals surface area (Å²) in [5.41, 5.74) is 0. The Balaban J connectivity index is 2.63. The monoisotopic (exact) mass is 153 g/mol. The quantitative estimate of drug-likeness (QED) is 0.574. The van der Waals surface area contributed by atoms with Gasteiger partial charge in [0.25, 0.3) is 0 Å². The second-order valence-electron chi connectivity index (χ2n) is 2.47. The highest BCUT2D eigenvalue weighted by molar-refractivity contribution is 5.46. The molecule has 0 atom stereocenters. The van der Waals surface area contributed by atoms with E-state index in [1.807, 2.05) is 17.8 Å². The Morgan fingerprint density at radius 2 is 2.55 bits per heavy atom. The summed E-state index contributed by atoms with van der Waals surface area (Å²) in [6.45, 7) is 0.562. The fourth-order valence-corrected chi connectivity index (χ4v) is 0.809. The Morgan fingerprint density at radius 3 is 3.00 bits per heavy atom. The normalized spacial score (nSPS) is 9.64. The second-order valence-corrected chi connectivity index (χ2v) is 2.47. The van der Waals surface area contributed by atoms with Gasteiger partial charge in [-0.15, -0.1) is 0 Å². The van der Waals surface area contributed by atoms with Crippen LogP contribution in [0, 0.1) is 0 Å². The average Bonchev–Trinajstić information content (AvgIpc) is 2.37. The summed E-state index contributed by atoms with van der Waals surface area (Å²) >= 11 is 0. The van der Waals surface area contributed by atoms with E-state index in [0.717, 1.165) is 12.2 Å². The summed E-state index contributed by atoms with van der Waals surface area (Å²) in [5, 5.41) is 0. The lowest BCUT2D eigenvalue weighted by Crippen LogP contribution is -2.17. The molecular weight excluding hydrogens is 142 g/mol. The van der Waals surface area contributed by atoms with Gasteiger partial charge >= 0.3 is 0 Å². The van der Waals surface area contributed by atoms with Crippen molar-refractivity contribution in [3.63, 3.8) is 0 Å². The van der Waals surface area contributed by atoms with Crippen molar-refractivity contribution in [2.45, 2.75) is 6.54 Å². The van der Waals surface area contributed by atoms with Gasteiger partial charge in [-0.1, -0.05) is 0 Å². The minimum Gasteiger partial charge on any atom is -0.341 e.